The summed E-state index contributed by atoms with van der Waals surface area (Å²) < 4.78 is 5.85. The lowest BCUT2D eigenvalue weighted by atomic mass is 9.86. The fraction of sp³-hybridized carbons (Fsp3) is 0.364. The zero-order valence-corrected chi connectivity index (χ0v) is 16.9. The van der Waals surface area contributed by atoms with Gasteiger partial charge in [0.05, 0.1) is 12.2 Å². The van der Waals surface area contributed by atoms with Crippen molar-refractivity contribution in [2.45, 2.75) is 52.2 Å². The summed E-state index contributed by atoms with van der Waals surface area (Å²) in [6.07, 6.45) is 0. The van der Waals surface area contributed by atoms with E-state index in [1.807, 2.05) is 12.1 Å². The molecule has 0 saturated heterocycles. The minimum atomic E-state index is -1.01. The van der Waals surface area contributed by atoms with Crippen LogP contribution in [0.2, 0.25) is 0 Å². The van der Waals surface area contributed by atoms with Crippen LogP contribution in [0.4, 0.5) is 5.69 Å². The Morgan fingerprint density at radius 1 is 1.14 bits per heavy atom. The summed E-state index contributed by atoms with van der Waals surface area (Å²) in [4.78, 5) is 26.5. The summed E-state index contributed by atoms with van der Waals surface area (Å²) in [7, 11) is 0. The van der Waals surface area contributed by atoms with E-state index in [1.54, 1.807) is 42.4 Å². The van der Waals surface area contributed by atoms with Crippen molar-refractivity contribution in [1.82, 2.24) is 5.48 Å². The normalized spacial score (nSPS) is 15.6. The minimum absolute atomic E-state index is 0.0501. The Bertz CT molecular complexity index is 911. The van der Waals surface area contributed by atoms with E-state index in [9.17, 15) is 9.59 Å². The number of carbonyl (C=O) groups is 2. The maximum Gasteiger partial charge on any atom is 0.274 e. The van der Waals surface area contributed by atoms with Crippen LogP contribution in [0.5, 0.6) is 5.75 Å². The van der Waals surface area contributed by atoms with E-state index >= 15 is 0 Å². The van der Waals surface area contributed by atoms with Gasteiger partial charge in [0.1, 0.15) is 5.75 Å². The smallest absolute Gasteiger partial charge is 0.274 e. The van der Waals surface area contributed by atoms with Crippen molar-refractivity contribution >= 4 is 17.5 Å². The van der Waals surface area contributed by atoms with Crippen molar-refractivity contribution in [2.24, 2.45) is 0 Å². The van der Waals surface area contributed by atoms with E-state index in [0.29, 0.717) is 18.0 Å². The molecular weight excluding hydrogens is 356 g/mol. The first-order chi connectivity index (χ1) is 13.0. The first kappa shape index (κ1) is 19.9. The van der Waals surface area contributed by atoms with Gasteiger partial charge >= 0.3 is 0 Å². The molecule has 1 aliphatic rings. The standard InChI is InChI=1S/C22H26N2O4/c1-21(2,3)16-9-6-14(7-10-16)13-24-17-12-15(19(25)23-27)8-11-18(17)28-22(4,5)20(24)26/h6-12,27H,13H2,1-5H3,(H,23,25). The number of amides is 2. The van der Waals surface area contributed by atoms with Gasteiger partial charge in [-0.25, -0.2) is 5.48 Å². The molecule has 148 valence electrons. The number of fused-ring (bicyclic) bond motifs is 1. The van der Waals surface area contributed by atoms with Crippen molar-refractivity contribution in [3.8, 4) is 5.75 Å². The first-order valence-electron chi connectivity index (χ1n) is 9.22. The molecule has 1 aliphatic heterocycles. The number of rotatable bonds is 3. The predicted octanol–water partition coefficient (Wildman–Crippen LogP) is 3.81. The van der Waals surface area contributed by atoms with Gasteiger partial charge in [-0.15, -0.1) is 0 Å². The van der Waals surface area contributed by atoms with Gasteiger partial charge < -0.3 is 9.64 Å². The molecule has 6 heteroatoms. The molecule has 0 fully saturated rings. The number of carbonyl (C=O) groups excluding carboxylic acids is 2. The van der Waals surface area contributed by atoms with Gasteiger partial charge in [0, 0.05) is 5.56 Å². The van der Waals surface area contributed by atoms with Crippen LogP contribution in [0.3, 0.4) is 0 Å². The Kier molecular flexibility index (Phi) is 4.93. The molecule has 3 rings (SSSR count). The summed E-state index contributed by atoms with van der Waals surface area (Å²) >= 11 is 0. The third kappa shape index (κ3) is 3.73. The lowest BCUT2D eigenvalue weighted by molar-refractivity contribution is -0.132. The van der Waals surface area contributed by atoms with Crippen LogP contribution in [-0.2, 0) is 16.8 Å². The number of nitrogens with one attached hydrogen (secondary N) is 1. The molecule has 0 radical (unpaired) electrons. The van der Waals surface area contributed by atoms with E-state index in [1.165, 1.54) is 5.56 Å². The summed E-state index contributed by atoms with van der Waals surface area (Å²) in [5.74, 6) is -0.318. The van der Waals surface area contributed by atoms with Crippen LogP contribution >= 0.6 is 0 Å². The Labute approximate surface area is 165 Å². The molecule has 0 bridgehead atoms. The second kappa shape index (κ2) is 6.95. The highest BCUT2D eigenvalue weighted by Crippen LogP contribution is 2.39. The van der Waals surface area contributed by atoms with Crippen LogP contribution in [0.15, 0.2) is 42.5 Å². The highest BCUT2D eigenvalue weighted by molar-refractivity contribution is 6.04. The van der Waals surface area contributed by atoms with Gasteiger partial charge in [-0.1, -0.05) is 45.0 Å². The number of anilines is 1. The van der Waals surface area contributed by atoms with Crippen molar-refractivity contribution in [1.29, 1.82) is 0 Å². The van der Waals surface area contributed by atoms with Crippen LogP contribution in [0.25, 0.3) is 0 Å². The van der Waals surface area contributed by atoms with E-state index in [4.69, 9.17) is 9.94 Å². The number of hydrogen-bond acceptors (Lipinski definition) is 4. The SMILES string of the molecule is CC1(C)Oc2ccc(C(=O)NO)cc2N(Cc2ccc(C(C)(C)C)cc2)C1=O. The third-order valence-electron chi connectivity index (χ3n) is 4.90. The topological polar surface area (TPSA) is 78.9 Å². The average molecular weight is 382 g/mol. The monoisotopic (exact) mass is 382 g/mol. The number of ether oxygens (including phenoxy) is 1. The van der Waals surface area contributed by atoms with Gasteiger partial charge in [0.2, 0.25) is 0 Å². The Morgan fingerprint density at radius 2 is 1.79 bits per heavy atom. The second-order valence-corrected chi connectivity index (χ2v) is 8.57. The maximum atomic E-state index is 13.0. The zero-order chi connectivity index (χ0) is 20.7. The molecule has 2 aromatic carbocycles. The summed E-state index contributed by atoms with van der Waals surface area (Å²) in [6, 6.07) is 12.9. The molecule has 2 N–H and O–H groups in total. The number of hydroxylamine groups is 1. The fourth-order valence-electron chi connectivity index (χ4n) is 3.22. The van der Waals surface area contributed by atoms with Crippen molar-refractivity contribution < 1.29 is 19.5 Å². The second-order valence-electron chi connectivity index (χ2n) is 8.57. The molecular formula is C22H26N2O4. The Hall–Kier alpha value is -2.86. The molecule has 6 nitrogen and oxygen atoms in total. The highest BCUT2D eigenvalue weighted by atomic mass is 16.5. The zero-order valence-electron chi connectivity index (χ0n) is 16.9. The molecule has 0 aliphatic carbocycles. The number of nitrogens with zero attached hydrogens (tertiary/aromatic N) is 1. The maximum absolute atomic E-state index is 13.0. The molecule has 0 aromatic heterocycles. The molecule has 0 atom stereocenters. The Morgan fingerprint density at radius 3 is 2.36 bits per heavy atom. The Balaban J connectivity index is 1.99. The van der Waals surface area contributed by atoms with Crippen LogP contribution in [0, 0.1) is 0 Å². The van der Waals surface area contributed by atoms with Crippen LogP contribution in [-0.4, -0.2) is 22.6 Å². The lowest BCUT2D eigenvalue weighted by Crippen LogP contribution is -2.52. The third-order valence-corrected chi connectivity index (χ3v) is 4.90. The largest absolute Gasteiger partial charge is 0.476 e. The lowest BCUT2D eigenvalue weighted by Gasteiger charge is -2.39. The van der Waals surface area contributed by atoms with E-state index in [0.717, 1.165) is 5.56 Å². The van der Waals surface area contributed by atoms with Crippen molar-refractivity contribution in [3.63, 3.8) is 0 Å². The predicted molar refractivity (Wildman–Crippen MR) is 107 cm³/mol. The molecule has 0 unspecified atom stereocenters. The van der Waals surface area contributed by atoms with Crippen LogP contribution < -0.4 is 15.1 Å². The molecule has 0 spiro atoms. The van der Waals surface area contributed by atoms with Gasteiger partial charge in [-0.05, 0) is 48.6 Å². The van der Waals surface area contributed by atoms with E-state index in [-0.39, 0.29) is 16.9 Å². The summed E-state index contributed by atoms with van der Waals surface area (Å²) in [5.41, 5.74) is 3.59. The summed E-state index contributed by atoms with van der Waals surface area (Å²) in [5, 5.41) is 8.91. The molecule has 2 amide bonds. The molecule has 1 heterocycles. The van der Waals surface area contributed by atoms with Gasteiger partial charge in [-0.3, -0.25) is 14.8 Å². The van der Waals surface area contributed by atoms with Gasteiger partial charge in [-0.2, -0.15) is 0 Å². The quantitative estimate of drug-likeness (QED) is 0.625. The fourth-order valence-corrected chi connectivity index (χ4v) is 3.22. The van der Waals surface area contributed by atoms with E-state index < -0.39 is 11.5 Å². The van der Waals surface area contributed by atoms with Crippen molar-refractivity contribution in [2.75, 3.05) is 4.90 Å². The molecule has 2 aromatic rings. The van der Waals surface area contributed by atoms with Crippen molar-refractivity contribution in [3.05, 3.63) is 59.2 Å². The van der Waals surface area contributed by atoms with Crippen LogP contribution in [0.1, 0.15) is 56.1 Å². The first-order valence-corrected chi connectivity index (χ1v) is 9.22. The average Bonchev–Trinajstić information content (AvgIpc) is 2.64. The molecule has 28 heavy (non-hydrogen) atoms. The minimum Gasteiger partial charge on any atom is -0.476 e. The number of hydrogen-bond donors (Lipinski definition) is 2. The molecule has 0 saturated carbocycles. The summed E-state index contributed by atoms with van der Waals surface area (Å²) in [6.45, 7) is 10.3. The number of benzene rings is 2. The highest BCUT2D eigenvalue weighted by Gasteiger charge is 2.41. The van der Waals surface area contributed by atoms with Gasteiger partial charge in [0.15, 0.2) is 5.60 Å². The van der Waals surface area contributed by atoms with E-state index in [2.05, 4.69) is 32.9 Å². The van der Waals surface area contributed by atoms with Gasteiger partial charge in [0.25, 0.3) is 11.8 Å².